The van der Waals surface area contributed by atoms with E-state index in [0.717, 1.165) is 24.6 Å². The van der Waals surface area contributed by atoms with Crippen molar-refractivity contribution in [3.63, 3.8) is 0 Å². The molecule has 0 saturated heterocycles. The van der Waals surface area contributed by atoms with Gasteiger partial charge in [-0.2, -0.15) is 0 Å². The molecule has 86 valence electrons. The lowest BCUT2D eigenvalue weighted by molar-refractivity contribution is 0.468. The Morgan fingerprint density at radius 1 is 1.38 bits per heavy atom. The summed E-state index contributed by atoms with van der Waals surface area (Å²) < 4.78 is 10.8. The molecule has 0 unspecified atom stereocenters. The third-order valence-corrected chi connectivity index (χ3v) is 2.21. The van der Waals surface area contributed by atoms with E-state index in [1.165, 1.54) is 0 Å². The highest BCUT2D eigenvalue weighted by Crippen LogP contribution is 2.20. The van der Waals surface area contributed by atoms with Crippen LogP contribution in [-0.2, 0) is 6.42 Å². The summed E-state index contributed by atoms with van der Waals surface area (Å²) in [4.78, 5) is 4.20. The average Bonchev–Trinajstić information content (AvgIpc) is 2.85. The van der Waals surface area contributed by atoms with E-state index >= 15 is 0 Å². The first-order valence-electron chi connectivity index (χ1n) is 5.47. The molecule has 2 aromatic rings. The van der Waals surface area contributed by atoms with Gasteiger partial charge in [0.05, 0.1) is 12.5 Å². The third kappa shape index (κ3) is 2.73. The number of hydrogen-bond acceptors (Lipinski definition) is 4. The Morgan fingerprint density at radius 3 is 2.94 bits per heavy atom. The molecule has 4 heteroatoms. The van der Waals surface area contributed by atoms with Gasteiger partial charge in [-0.15, -0.1) is 0 Å². The van der Waals surface area contributed by atoms with Gasteiger partial charge in [0.2, 0.25) is 0 Å². The van der Waals surface area contributed by atoms with Crippen molar-refractivity contribution in [2.24, 2.45) is 0 Å². The van der Waals surface area contributed by atoms with Crippen LogP contribution in [0.15, 0.2) is 33.4 Å². The van der Waals surface area contributed by atoms with E-state index in [4.69, 9.17) is 8.83 Å². The van der Waals surface area contributed by atoms with Gasteiger partial charge in [0.1, 0.15) is 0 Å². The van der Waals surface area contributed by atoms with Crippen LogP contribution in [-0.4, -0.2) is 17.6 Å². The molecule has 0 spiro atoms. The van der Waals surface area contributed by atoms with Crippen molar-refractivity contribution in [2.45, 2.75) is 26.3 Å². The average molecular weight is 220 g/mol. The van der Waals surface area contributed by atoms with Gasteiger partial charge in [-0.05, 0) is 12.1 Å². The largest absolute Gasteiger partial charge is 0.461 e. The summed E-state index contributed by atoms with van der Waals surface area (Å²) in [6.45, 7) is 5.10. The topological polar surface area (TPSA) is 51.2 Å². The number of aromatic nitrogens is 1. The fraction of sp³-hybridized carbons (Fsp3) is 0.417. The number of nitrogens with one attached hydrogen (secondary N) is 1. The maximum atomic E-state index is 5.56. The molecule has 4 nitrogen and oxygen atoms in total. The monoisotopic (exact) mass is 220 g/mol. The summed E-state index contributed by atoms with van der Waals surface area (Å²) >= 11 is 0. The number of nitrogens with zero attached hydrogens (tertiary/aromatic N) is 1. The molecule has 0 amide bonds. The number of oxazole rings is 1. The van der Waals surface area contributed by atoms with Crippen molar-refractivity contribution in [3.8, 4) is 11.5 Å². The minimum Gasteiger partial charge on any atom is -0.461 e. The molecular formula is C12H16N2O2. The zero-order valence-corrected chi connectivity index (χ0v) is 9.56. The molecule has 2 heterocycles. The van der Waals surface area contributed by atoms with Crippen LogP contribution in [0.5, 0.6) is 0 Å². The van der Waals surface area contributed by atoms with Crippen LogP contribution < -0.4 is 5.32 Å². The lowest BCUT2D eigenvalue weighted by Crippen LogP contribution is -2.24. The molecule has 0 saturated carbocycles. The maximum Gasteiger partial charge on any atom is 0.196 e. The fourth-order valence-electron chi connectivity index (χ4n) is 1.43. The van der Waals surface area contributed by atoms with Gasteiger partial charge in [-0.1, -0.05) is 13.8 Å². The number of furan rings is 1. The molecule has 0 atom stereocenters. The zero-order chi connectivity index (χ0) is 11.4. The molecule has 16 heavy (non-hydrogen) atoms. The van der Waals surface area contributed by atoms with E-state index in [0.29, 0.717) is 11.8 Å². The standard InChI is InChI=1S/C12H16N2O2/c1-9(2)13-6-5-12-14-8-11(16-12)10-4-3-7-15-10/h3-4,7-9,13H,5-6H2,1-2H3. The molecule has 0 fully saturated rings. The summed E-state index contributed by atoms with van der Waals surface area (Å²) in [7, 11) is 0. The molecule has 0 aliphatic carbocycles. The molecule has 0 aliphatic heterocycles. The first-order chi connectivity index (χ1) is 7.75. The van der Waals surface area contributed by atoms with Crippen molar-refractivity contribution in [1.29, 1.82) is 0 Å². The highest BCUT2D eigenvalue weighted by atomic mass is 16.4. The van der Waals surface area contributed by atoms with Crippen LogP contribution in [0, 0.1) is 0 Å². The molecule has 2 rings (SSSR count). The summed E-state index contributed by atoms with van der Waals surface area (Å²) in [6, 6.07) is 4.17. The Morgan fingerprint density at radius 2 is 2.25 bits per heavy atom. The summed E-state index contributed by atoms with van der Waals surface area (Å²) in [6.07, 6.45) is 4.11. The predicted octanol–water partition coefficient (Wildman–Crippen LogP) is 2.48. The van der Waals surface area contributed by atoms with Crippen molar-refractivity contribution >= 4 is 0 Å². The Hall–Kier alpha value is -1.55. The second kappa shape index (κ2) is 4.99. The zero-order valence-electron chi connectivity index (χ0n) is 9.56. The van der Waals surface area contributed by atoms with Gasteiger partial charge in [0.15, 0.2) is 17.4 Å². The molecule has 0 aliphatic rings. The molecule has 0 aromatic carbocycles. The minimum absolute atomic E-state index is 0.486. The highest BCUT2D eigenvalue weighted by molar-refractivity contribution is 5.47. The normalized spacial score (nSPS) is 11.2. The van der Waals surface area contributed by atoms with Crippen LogP contribution in [0.25, 0.3) is 11.5 Å². The van der Waals surface area contributed by atoms with E-state index in [-0.39, 0.29) is 0 Å². The Balaban J connectivity index is 1.93. The van der Waals surface area contributed by atoms with Crippen molar-refractivity contribution < 1.29 is 8.83 Å². The first-order valence-corrected chi connectivity index (χ1v) is 5.47. The maximum absolute atomic E-state index is 5.56. The summed E-state index contributed by atoms with van der Waals surface area (Å²) in [5.74, 6) is 2.14. The molecule has 2 aromatic heterocycles. The third-order valence-electron chi connectivity index (χ3n) is 2.21. The van der Waals surface area contributed by atoms with Gasteiger partial charge in [-0.25, -0.2) is 4.98 Å². The van der Waals surface area contributed by atoms with Crippen molar-refractivity contribution in [3.05, 3.63) is 30.5 Å². The number of hydrogen-bond donors (Lipinski definition) is 1. The van der Waals surface area contributed by atoms with E-state index in [9.17, 15) is 0 Å². The Kier molecular flexibility index (Phi) is 3.41. The lowest BCUT2D eigenvalue weighted by atomic mass is 10.3. The Bertz CT molecular complexity index is 418. The highest BCUT2D eigenvalue weighted by Gasteiger charge is 2.08. The predicted molar refractivity (Wildman–Crippen MR) is 61.0 cm³/mol. The van der Waals surface area contributed by atoms with Crippen LogP contribution in [0.4, 0.5) is 0 Å². The fourth-order valence-corrected chi connectivity index (χ4v) is 1.43. The van der Waals surface area contributed by atoms with E-state index in [2.05, 4.69) is 24.1 Å². The van der Waals surface area contributed by atoms with Gasteiger partial charge in [0, 0.05) is 19.0 Å². The summed E-state index contributed by atoms with van der Waals surface area (Å²) in [5, 5.41) is 3.31. The lowest BCUT2D eigenvalue weighted by Gasteiger charge is -2.05. The van der Waals surface area contributed by atoms with Crippen LogP contribution in [0.3, 0.4) is 0 Å². The van der Waals surface area contributed by atoms with E-state index in [1.807, 2.05) is 12.1 Å². The Labute approximate surface area is 94.7 Å². The van der Waals surface area contributed by atoms with Gasteiger partial charge >= 0.3 is 0 Å². The summed E-state index contributed by atoms with van der Waals surface area (Å²) in [5.41, 5.74) is 0. The van der Waals surface area contributed by atoms with Crippen LogP contribution >= 0.6 is 0 Å². The second-order valence-corrected chi connectivity index (χ2v) is 3.95. The molecule has 0 bridgehead atoms. The van der Waals surface area contributed by atoms with E-state index in [1.54, 1.807) is 12.5 Å². The minimum atomic E-state index is 0.486. The van der Waals surface area contributed by atoms with Crippen molar-refractivity contribution in [1.82, 2.24) is 10.3 Å². The van der Waals surface area contributed by atoms with Crippen molar-refractivity contribution in [2.75, 3.05) is 6.54 Å². The van der Waals surface area contributed by atoms with Gasteiger partial charge < -0.3 is 14.2 Å². The quantitative estimate of drug-likeness (QED) is 0.841. The van der Waals surface area contributed by atoms with Gasteiger partial charge in [0.25, 0.3) is 0 Å². The van der Waals surface area contributed by atoms with Crippen LogP contribution in [0.2, 0.25) is 0 Å². The van der Waals surface area contributed by atoms with E-state index < -0.39 is 0 Å². The molecule has 1 N–H and O–H groups in total. The molecular weight excluding hydrogens is 204 g/mol. The SMILES string of the molecule is CC(C)NCCc1ncc(-c2ccco2)o1. The molecule has 0 radical (unpaired) electrons. The first kappa shape index (κ1) is 11.0. The smallest absolute Gasteiger partial charge is 0.196 e. The number of rotatable bonds is 5. The van der Waals surface area contributed by atoms with Gasteiger partial charge in [-0.3, -0.25) is 0 Å². The second-order valence-electron chi connectivity index (χ2n) is 3.95. The van der Waals surface area contributed by atoms with Crippen LogP contribution in [0.1, 0.15) is 19.7 Å².